The normalized spacial score (nSPS) is 20.3. The van der Waals surface area contributed by atoms with Crippen molar-refractivity contribution in [2.24, 2.45) is 5.92 Å². The number of aliphatic hydroxyl groups excluding tert-OH is 1. The van der Waals surface area contributed by atoms with Crippen molar-refractivity contribution in [3.05, 3.63) is 83.9 Å². The van der Waals surface area contributed by atoms with Gasteiger partial charge in [0.1, 0.15) is 11.6 Å². The number of carbonyl (C=O) groups is 2. The zero-order chi connectivity index (χ0) is 33.1. The highest BCUT2D eigenvalue weighted by Gasteiger charge is 2.30. The smallest absolute Gasteiger partial charge is 0.323 e. The van der Waals surface area contributed by atoms with Crippen molar-refractivity contribution in [3.8, 4) is 5.75 Å². The molecule has 248 valence electrons. The monoisotopic (exact) mass is 635 g/mol. The first-order valence-corrected chi connectivity index (χ1v) is 15.9. The molecule has 0 radical (unpaired) electrons. The van der Waals surface area contributed by atoms with Gasteiger partial charge in [0.05, 0.1) is 30.4 Å². The van der Waals surface area contributed by atoms with E-state index in [2.05, 4.69) is 34.5 Å². The molecular weight excluding hydrogens is 589 g/mol. The molecule has 3 N–H and O–H groups in total. The summed E-state index contributed by atoms with van der Waals surface area (Å²) in [4.78, 5) is 35.0. The first-order chi connectivity index (χ1) is 22.1. The number of aromatic nitrogens is 1. The molecule has 2 heterocycles. The third kappa shape index (κ3) is 10.2. The maximum Gasteiger partial charge on any atom is 0.323 e. The lowest BCUT2D eigenvalue weighted by molar-refractivity contribution is -0.0177. The largest absolute Gasteiger partial charge is 0.490 e. The van der Waals surface area contributed by atoms with Gasteiger partial charge in [0.15, 0.2) is 0 Å². The second kappa shape index (κ2) is 17.0. The molecule has 46 heavy (non-hydrogen) atoms. The number of amides is 3. The fourth-order valence-electron chi connectivity index (χ4n) is 5.46. The minimum atomic E-state index is -0.542. The van der Waals surface area contributed by atoms with Crippen LogP contribution in [-0.4, -0.2) is 83.4 Å². The van der Waals surface area contributed by atoms with Gasteiger partial charge in [-0.1, -0.05) is 6.92 Å². The number of nitrogens with zero attached hydrogens (tertiary/aromatic N) is 3. The molecule has 4 rings (SSSR count). The van der Waals surface area contributed by atoms with Gasteiger partial charge < -0.3 is 30.1 Å². The third-order valence-electron chi connectivity index (χ3n) is 8.10. The molecule has 1 aromatic heterocycles. The number of hydrogen-bond donors (Lipinski definition) is 3. The van der Waals surface area contributed by atoms with E-state index in [4.69, 9.17) is 9.47 Å². The van der Waals surface area contributed by atoms with Gasteiger partial charge in [-0.05, 0) is 100 Å². The Hall–Kier alpha value is -4.06. The molecule has 3 aromatic rings. The fraction of sp³-hybridized carbons (Fsp3) is 0.457. The van der Waals surface area contributed by atoms with Gasteiger partial charge in [-0.15, -0.1) is 0 Å². The third-order valence-corrected chi connectivity index (χ3v) is 8.10. The van der Waals surface area contributed by atoms with Crippen molar-refractivity contribution in [3.63, 3.8) is 0 Å². The van der Waals surface area contributed by atoms with E-state index in [1.807, 2.05) is 19.1 Å². The van der Waals surface area contributed by atoms with E-state index in [1.165, 1.54) is 24.3 Å². The van der Waals surface area contributed by atoms with E-state index in [1.54, 1.807) is 42.4 Å². The average molecular weight is 636 g/mol. The summed E-state index contributed by atoms with van der Waals surface area (Å²) in [7, 11) is 2.05. The predicted octanol–water partition coefficient (Wildman–Crippen LogP) is 5.79. The average Bonchev–Trinajstić information content (AvgIpc) is 3.04. The number of aliphatic hydroxyl groups is 1. The van der Waals surface area contributed by atoms with Crippen LogP contribution >= 0.6 is 0 Å². The van der Waals surface area contributed by atoms with E-state index < -0.39 is 17.9 Å². The van der Waals surface area contributed by atoms with Gasteiger partial charge in [-0.3, -0.25) is 14.7 Å². The van der Waals surface area contributed by atoms with Gasteiger partial charge in [0, 0.05) is 55.9 Å². The zero-order valence-corrected chi connectivity index (χ0v) is 27.1. The number of carbonyl (C=O) groups excluding carboxylic acids is 2. The number of urea groups is 1. The minimum Gasteiger partial charge on any atom is -0.490 e. The van der Waals surface area contributed by atoms with Gasteiger partial charge in [-0.2, -0.15) is 0 Å². The Morgan fingerprint density at radius 3 is 2.50 bits per heavy atom. The summed E-state index contributed by atoms with van der Waals surface area (Å²) >= 11 is 0. The molecule has 0 saturated heterocycles. The number of rotatable bonds is 8. The van der Waals surface area contributed by atoms with Gasteiger partial charge in [-0.25, -0.2) is 9.18 Å². The van der Waals surface area contributed by atoms with E-state index in [0.717, 1.165) is 31.4 Å². The lowest BCUT2D eigenvalue weighted by atomic mass is 10.0. The summed E-state index contributed by atoms with van der Waals surface area (Å²) < 4.78 is 26.0. The summed E-state index contributed by atoms with van der Waals surface area (Å²) in [6, 6.07) is 13.4. The number of benzene rings is 2. The molecule has 0 aliphatic carbocycles. The van der Waals surface area contributed by atoms with Crippen LogP contribution in [-0.2, 0) is 11.3 Å². The first kappa shape index (κ1) is 34.8. The fourth-order valence-corrected chi connectivity index (χ4v) is 5.46. The summed E-state index contributed by atoms with van der Waals surface area (Å²) in [6.45, 7) is 7.95. The maximum atomic E-state index is 14.3. The molecule has 1 aliphatic heterocycles. The molecular formula is C35H46FN5O5. The Bertz CT molecular complexity index is 1410. The minimum absolute atomic E-state index is 0.0631. The number of ether oxygens (including phenoxy) is 2. The Balaban J connectivity index is 1.58. The second-order valence-electron chi connectivity index (χ2n) is 12.1. The van der Waals surface area contributed by atoms with Crippen molar-refractivity contribution in [1.82, 2.24) is 14.8 Å². The maximum absolute atomic E-state index is 14.3. The summed E-state index contributed by atoms with van der Waals surface area (Å²) in [5.41, 5.74) is 2.24. The van der Waals surface area contributed by atoms with Gasteiger partial charge >= 0.3 is 6.03 Å². The number of hydrogen-bond acceptors (Lipinski definition) is 7. The van der Waals surface area contributed by atoms with Crippen LogP contribution in [0.4, 0.5) is 20.6 Å². The summed E-state index contributed by atoms with van der Waals surface area (Å²) in [5.74, 6) is -0.381. The topological polar surface area (TPSA) is 116 Å². The van der Waals surface area contributed by atoms with Crippen molar-refractivity contribution in [2.45, 2.75) is 64.8 Å². The number of fused-ring (bicyclic) bond motifs is 1. The molecule has 0 saturated carbocycles. The molecule has 0 unspecified atom stereocenters. The predicted molar refractivity (Wildman–Crippen MR) is 176 cm³/mol. The van der Waals surface area contributed by atoms with Crippen molar-refractivity contribution < 1.29 is 28.6 Å². The molecule has 0 fully saturated rings. The van der Waals surface area contributed by atoms with Gasteiger partial charge in [0.2, 0.25) is 0 Å². The standard InChI is InChI=1S/C35H46FN5O5/c1-24-20-41(25(2)23-42)34(43)31-19-30(39-35(44)38-29-10-8-28(36)9-11-29)12-13-32(31)46-26(3)7-5-6-18-45-33(24)22-40(4)21-27-14-16-37-17-15-27/h8-17,19,24-26,33,42H,5-7,18,20-23H2,1-4H3,(H2,38,39,44)/t24-,25+,26+,33-/m1/s1. The molecule has 0 spiro atoms. The quantitative estimate of drug-likeness (QED) is 0.287. The van der Waals surface area contributed by atoms with E-state index in [9.17, 15) is 19.1 Å². The van der Waals surface area contributed by atoms with E-state index in [-0.39, 0.29) is 36.2 Å². The number of nitrogens with one attached hydrogen (secondary N) is 2. The zero-order valence-electron chi connectivity index (χ0n) is 27.1. The van der Waals surface area contributed by atoms with Crippen LogP contribution in [0.3, 0.4) is 0 Å². The lowest BCUT2D eigenvalue weighted by Gasteiger charge is -2.36. The highest BCUT2D eigenvalue weighted by molar-refractivity contribution is 6.02. The number of likely N-dealkylation sites (N-methyl/N-ethyl adjacent to an activating group) is 1. The lowest BCUT2D eigenvalue weighted by Crippen LogP contribution is -2.47. The Kier molecular flexibility index (Phi) is 12.9. The van der Waals surface area contributed by atoms with Gasteiger partial charge in [0.25, 0.3) is 5.91 Å². The molecule has 11 heteroatoms. The number of anilines is 2. The second-order valence-corrected chi connectivity index (χ2v) is 12.1. The summed E-state index contributed by atoms with van der Waals surface area (Å²) in [6.07, 6.45) is 5.79. The summed E-state index contributed by atoms with van der Waals surface area (Å²) in [5, 5.41) is 15.6. The number of pyridine rings is 1. The molecule has 1 aliphatic rings. The van der Waals surface area contributed by atoms with Crippen LogP contribution in [0.25, 0.3) is 0 Å². The van der Waals surface area contributed by atoms with Crippen LogP contribution in [0.15, 0.2) is 67.0 Å². The molecule has 10 nitrogen and oxygen atoms in total. The highest BCUT2D eigenvalue weighted by atomic mass is 19.1. The van der Waals surface area contributed by atoms with E-state index >= 15 is 0 Å². The molecule has 3 amide bonds. The Morgan fingerprint density at radius 1 is 1.09 bits per heavy atom. The highest BCUT2D eigenvalue weighted by Crippen LogP contribution is 2.29. The Morgan fingerprint density at radius 2 is 1.78 bits per heavy atom. The van der Waals surface area contributed by atoms with Crippen molar-refractivity contribution in [1.29, 1.82) is 0 Å². The van der Waals surface area contributed by atoms with Crippen LogP contribution < -0.4 is 15.4 Å². The molecule has 4 atom stereocenters. The first-order valence-electron chi connectivity index (χ1n) is 15.9. The number of halogens is 1. The Labute approximate surface area is 270 Å². The van der Waals surface area contributed by atoms with Crippen molar-refractivity contribution >= 4 is 23.3 Å². The van der Waals surface area contributed by atoms with Crippen LogP contribution in [0.5, 0.6) is 5.75 Å². The van der Waals surface area contributed by atoms with Crippen LogP contribution in [0.2, 0.25) is 0 Å². The molecule has 0 bridgehead atoms. The van der Waals surface area contributed by atoms with Crippen molar-refractivity contribution in [2.75, 3.05) is 44.0 Å². The van der Waals surface area contributed by atoms with Crippen LogP contribution in [0.1, 0.15) is 56.0 Å². The molecule has 2 aromatic carbocycles. The van der Waals surface area contributed by atoms with E-state index in [0.29, 0.717) is 36.8 Å². The SMILES string of the molecule is C[C@@H]1CN([C@@H](C)CO)C(=O)c2cc(NC(=O)Nc3ccc(F)cc3)ccc2O[C@@H](C)CCCCO[C@@H]1CN(C)Cc1ccncc1. The van der Waals surface area contributed by atoms with Crippen LogP contribution in [0, 0.1) is 11.7 Å².